The van der Waals surface area contributed by atoms with Crippen molar-refractivity contribution in [1.29, 1.82) is 0 Å². The number of nitrogens with one attached hydrogen (secondary N) is 1. The highest BCUT2D eigenvalue weighted by molar-refractivity contribution is 5.29. The zero-order valence-corrected chi connectivity index (χ0v) is 10.6. The molecule has 19 heavy (non-hydrogen) atoms. The van der Waals surface area contributed by atoms with Crippen LogP contribution in [0.4, 0.5) is 13.2 Å². The fourth-order valence-corrected chi connectivity index (χ4v) is 2.34. The van der Waals surface area contributed by atoms with Crippen LogP contribution >= 0.6 is 0 Å². The molecule has 2 nitrogen and oxygen atoms in total. The number of hydrogen-bond acceptors (Lipinski definition) is 2. The lowest BCUT2D eigenvalue weighted by Crippen LogP contribution is -2.25. The van der Waals surface area contributed by atoms with Crippen molar-refractivity contribution in [2.75, 3.05) is 13.2 Å². The second kappa shape index (κ2) is 5.51. The first-order valence-electron chi connectivity index (χ1n) is 6.44. The second-order valence-corrected chi connectivity index (χ2v) is 5.23. The molecular formula is C14H18F3NO. The van der Waals surface area contributed by atoms with Crippen molar-refractivity contribution in [3.05, 3.63) is 35.4 Å². The first-order valence-corrected chi connectivity index (χ1v) is 6.44. The Labute approximate surface area is 110 Å². The lowest BCUT2D eigenvalue weighted by molar-refractivity contribution is -0.138. The van der Waals surface area contributed by atoms with Gasteiger partial charge >= 0.3 is 6.18 Å². The SMILES string of the molecule is OCCC1(CNCc2ccccc2C(F)(F)F)CC1. The van der Waals surface area contributed by atoms with Crippen LogP contribution in [0.25, 0.3) is 0 Å². The molecule has 1 aliphatic carbocycles. The van der Waals surface area contributed by atoms with E-state index < -0.39 is 11.7 Å². The zero-order valence-electron chi connectivity index (χ0n) is 10.6. The molecule has 1 aromatic rings. The van der Waals surface area contributed by atoms with Crippen LogP contribution in [-0.4, -0.2) is 18.3 Å². The van der Waals surface area contributed by atoms with Gasteiger partial charge in [0.2, 0.25) is 0 Å². The fourth-order valence-electron chi connectivity index (χ4n) is 2.34. The van der Waals surface area contributed by atoms with Crippen molar-refractivity contribution in [2.45, 2.75) is 32.0 Å². The first-order chi connectivity index (χ1) is 8.97. The molecule has 2 N–H and O–H groups in total. The van der Waals surface area contributed by atoms with Gasteiger partial charge in [0.1, 0.15) is 0 Å². The molecule has 0 spiro atoms. The topological polar surface area (TPSA) is 32.3 Å². The quantitative estimate of drug-likeness (QED) is 0.835. The number of alkyl halides is 3. The Balaban J connectivity index is 1.93. The molecule has 1 saturated carbocycles. The maximum atomic E-state index is 12.8. The lowest BCUT2D eigenvalue weighted by Gasteiger charge is -2.17. The molecule has 5 heteroatoms. The van der Waals surface area contributed by atoms with Gasteiger partial charge in [-0.1, -0.05) is 18.2 Å². The Morgan fingerprint density at radius 1 is 1.21 bits per heavy atom. The third-order valence-corrected chi connectivity index (χ3v) is 3.74. The van der Waals surface area contributed by atoms with Gasteiger partial charge in [-0.3, -0.25) is 0 Å². The van der Waals surface area contributed by atoms with Crippen LogP contribution in [0.1, 0.15) is 30.4 Å². The van der Waals surface area contributed by atoms with Crippen molar-refractivity contribution in [3.63, 3.8) is 0 Å². The molecule has 0 aromatic heterocycles. The van der Waals surface area contributed by atoms with Crippen LogP contribution in [0, 0.1) is 5.41 Å². The van der Waals surface area contributed by atoms with Gasteiger partial charge in [-0.25, -0.2) is 0 Å². The summed E-state index contributed by atoms with van der Waals surface area (Å²) in [4.78, 5) is 0. The monoisotopic (exact) mass is 273 g/mol. The van der Waals surface area contributed by atoms with E-state index in [0.717, 1.165) is 25.3 Å². The van der Waals surface area contributed by atoms with E-state index >= 15 is 0 Å². The average Bonchev–Trinajstić information content (AvgIpc) is 3.09. The van der Waals surface area contributed by atoms with E-state index in [-0.39, 0.29) is 24.1 Å². The molecule has 0 heterocycles. The summed E-state index contributed by atoms with van der Waals surface area (Å²) in [5, 5.41) is 12.0. The van der Waals surface area contributed by atoms with Crippen LogP contribution in [0.5, 0.6) is 0 Å². The molecular weight excluding hydrogens is 255 g/mol. The lowest BCUT2D eigenvalue weighted by atomic mass is 10.0. The van der Waals surface area contributed by atoms with Crippen molar-refractivity contribution < 1.29 is 18.3 Å². The summed E-state index contributed by atoms with van der Waals surface area (Å²) in [7, 11) is 0. The molecule has 2 rings (SSSR count). The molecule has 1 aromatic carbocycles. The van der Waals surface area contributed by atoms with E-state index in [1.165, 1.54) is 12.1 Å². The summed E-state index contributed by atoms with van der Waals surface area (Å²) in [5.74, 6) is 0. The Kier molecular flexibility index (Phi) is 4.16. The maximum absolute atomic E-state index is 12.8. The number of hydrogen-bond donors (Lipinski definition) is 2. The van der Waals surface area contributed by atoms with Gasteiger partial charge in [0.05, 0.1) is 5.56 Å². The van der Waals surface area contributed by atoms with Crippen molar-refractivity contribution in [1.82, 2.24) is 5.32 Å². The largest absolute Gasteiger partial charge is 0.416 e. The smallest absolute Gasteiger partial charge is 0.396 e. The molecule has 0 amide bonds. The Morgan fingerprint density at radius 2 is 1.89 bits per heavy atom. The number of aliphatic hydroxyl groups excluding tert-OH is 1. The summed E-state index contributed by atoms with van der Waals surface area (Å²) < 4.78 is 38.3. The van der Waals surface area contributed by atoms with Crippen molar-refractivity contribution in [2.24, 2.45) is 5.41 Å². The number of benzene rings is 1. The minimum atomic E-state index is -4.30. The number of halogens is 3. The minimum Gasteiger partial charge on any atom is -0.396 e. The van der Waals surface area contributed by atoms with Gasteiger partial charge < -0.3 is 10.4 Å². The van der Waals surface area contributed by atoms with Gasteiger partial charge in [-0.15, -0.1) is 0 Å². The minimum absolute atomic E-state index is 0.113. The highest BCUT2D eigenvalue weighted by atomic mass is 19.4. The molecule has 0 radical (unpaired) electrons. The van der Waals surface area contributed by atoms with Gasteiger partial charge in [0.25, 0.3) is 0 Å². The van der Waals surface area contributed by atoms with Gasteiger partial charge in [0.15, 0.2) is 0 Å². The normalized spacial score (nSPS) is 17.5. The molecule has 0 atom stereocenters. The maximum Gasteiger partial charge on any atom is 0.416 e. The summed E-state index contributed by atoms with van der Waals surface area (Å²) in [6.07, 6.45) is -1.50. The summed E-state index contributed by atoms with van der Waals surface area (Å²) in [5.41, 5.74) is -0.189. The summed E-state index contributed by atoms with van der Waals surface area (Å²) >= 11 is 0. The zero-order chi connectivity index (χ0) is 13.9. The van der Waals surface area contributed by atoms with Crippen LogP contribution in [0.3, 0.4) is 0 Å². The predicted molar refractivity (Wildman–Crippen MR) is 66.5 cm³/mol. The highest BCUT2D eigenvalue weighted by Crippen LogP contribution is 2.48. The summed E-state index contributed by atoms with van der Waals surface area (Å²) in [6.45, 7) is 1.02. The molecule has 1 aliphatic rings. The molecule has 0 aliphatic heterocycles. The van der Waals surface area contributed by atoms with Gasteiger partial charge in [0, 0.05) is 19.7 Å². The van der Waals surface area contributed by atoms with Crippen LogP contribution in [0.15, 0.2) is 24.3 Å². The fraction of sp³-hybridized carbons (Fsp3) is 0.571. The van der Waals surface area contributed by atoms with Gasteiger partial charge in [-0.2, -0.15) is 13.2 Å². The van der Waals surface area contributed by atoms with E-state index in [1.807, 2.05) is 0 Å². The van der Waals surface area contributed by atoms with Gasteiger partial charge in [-0.05, 0) is 36.3 Å². The average molecular weight is 273 g/mol. The van der Waals surface area contributed by atoms with Crippen LogP contribution < -0.4 is 5.32 Å². The number of aliphatic hydroxyl groups is 1. The second-order valence-electron chi connectivity index (χ2n) is 5.23. The highest BCUT2D eigenvalue weighted by Gasteiger charge is 2.41. The Hall–Kier alpha value is -1.07. The molecule has 106 valence electrons. The Bertz CT molecular complexity index is 427. The third-order valence-electron chi connectivity index (χ3n) is 3.74. The molecule has 0 unspecified atom stereocenters. The Morgan fingerprint density at radius 3 is 2.47 bits per heavy atom. The van der Waals surface area contributed by atoms with Crippen molar-refractivity contribution in [3.8, 4) is 0 Å². The van der Waals surface area contributed by atoms with Crippen LogP contribution in [0.2, 0.25) is 0 Å². The van der Waals surface area contributed by atoms with E-state index in [9.17, 15) is 13.2 Å². The number of rotatable bonds is 6. The van der Waals surface area contributed by atoms with E-state index in [2.05, 4.69) is 5.32 Å². The van der Waals surface area contributed by atoms with E-state index in [1.54, 1.807) is 6.07 Å². The van der Waals surface area contributed by atoms with E-state index in [0.29, 0.717) is 6.54 Å². The third kappa shape index (κ3) is 3.70. The van der Waals surface area contributed by atoms with Crippen LogP contribution in [-0.2, 0) is 12.7 Å². The standard InChI is InChI=1S/C14H18F3NO/c15-14(16,17)12-4-2-1-3-11(12)9-18-10-13(5-6-13)7-8-19/h1-4,18-19H,5-10H2. The predicted octanol–water partition coefficient (Wildman–Crippen LogP) is 2.96. The molecule has 1 fully saturated rings. The van der Waals surface area contributed by atoms with E-state index in [4.69, 9.17) is 5.11 Å². The first kappa shape index (κ1) is 14.3. The van der Waals surface area contributed by atoms with Crippen molar-refractivity contribution >= 4 is 0 Å². The molecule has 0 saturated heterocycles. The summed E-state index contributed by atoms with van der Waals surface area (Å²) in [6, 6.07) is 5.63. The molecule has 0 bridgehead atoms.